The zero-order valence-corrected chi connectivity index (χ0v) is 9.72. The van der Waals surface area contributed by atoms with Gasteiger partial charge in [-0.3, -0.25) is 0 Å². The van der Waals surface area contributed by atoms with Gasteiger partial charge in [0.05, 0.1) is 0 Å². The van der Waals surface area contributed by atoms with Crippen LogP contribution in [0.3, 0.4) is 0 Å². The summed E-state index contributed by atoms with van der Waals surface area (Å²) in [4.78, 5) is 11.9. The molecule has 94 valence electrons. The molecule has 2 heterocycles. The van der Waals surface area contributed by atoms with E-state index in [2.05, 4.69) is 20.1 Å². The minimum Gasteiger partial charge on any atom is -0.439 e. The van der Waals surface area contributed by atoms with Crippen LogP contribution in [0.15, 0.2) is 47.5 Å². The summed E-state index contributed by atoms with van der Waals surface area (Å²) in [7, 11) is 0. The molecule has 2 aromatic heterocycles. The predicted octanol–water partition coefficient (Wildman–Crippen LogP) is 1.90. The molecule has 0 amide bonds. The van der Waals surface area contributed by atoms with Gasteiger partial charge in [-0.05, 0) is 24.3 Å². The lowest BCUT2D eigenvalue weighted by atomic mass is 10.3. The Morgan fingerprint density at radius 2 is 1.84 bits per heavy atom. The molecule has 0 radical (unpaired) electrons. The highest BCUT2D eigenvalue weighted by Crippen LogP contribution is 2.23. The maximum absolute atomic E-state index is 5.60. The molecular formula is C12H9N5O2. The molecule has 0 atom stereocenters. The molecule has 0 saturated carbocycles. The third kappa shape index (κ3) is 2.49. The Morgan fingerprint density at radius 1 is 1.00 bits per heavy atom. The van der Waals surface area contributed by atoms with E-state index in [1.807, 2.05) is 0 Å². The monoisotopic (exact) mass is 255 g/mol. The molecule has 0 aliphatic carbocycles. The van der Waals surface area contributed by atoms with E-state index in [1.165, 1.54) is 12.7 Å². The Bertz CT molecular complexity index is 667. The minimum absolute atomic E-state index is 0.310. The first-order valence-electron chi connectivity index (χ1n) is 5.44. The molecule has 0 spiro atoms. The van der Waals surface area contributed by atoms with Crippen LogP contribution in [0.2, 0.25) is 0 Å². The molecule has 7 heteroatoms. The van der Waals surface area contributed by atoms with Gasteiger partial charge in [0.2, 0.25) is 5.88 Å². The first-order chi connectivity index (χ1) is 9.31. The Kier molecular flexibility index (Phi) is 2.77. The van der Waals surface area contributed by atoms with Gasteiger partial charge in [0.25, 0.3) is 5.89 Å². The summed E-state index contributed by atoms with van der Waals surface area (Å²) in [6, 6.07) is 8.61. The van der Waals surface area contributed by atoms with E-state index in [0.717, 1.165) is 0 Å². The van der Waals surface area contributed by atoms with E-state index in [0.29, 0.717) is 28.9 Å². The van der Waals surface area contributed by atoms with E-state index < -0.39 is 0 Å². The van der Waals surface area contributed by atoms with Crippen LogP contribution in [-0.4, -0.2) is 20.1 Å². The van der Waals surface area contributed by atoms with Crippen LogP contribution in [0, 0.1) is 0 Å². The quantitative estimate of drug-likeness (QED) is 0.713. The van der Waals surface area contributed by atoms with E-state index in [4.69, 9.17) is 15.0 Å². The smallest absolute Gasteiger partial charge is 0.276 e. The number of benzene rings is 1. The van der Waals surface area contributed by atoms with Crippen molar-refractivity contribution < 1.29 is 9.26 Å². The molecule has 0 aliphatic heterocycles. The van der Waals surface area contributed by atoms with Gasteiger partial charge in [0, 0.05) is 11.8 Å². The predicted molar refractivity (Wildman–Crippen MR) is 66.3 cm³/mol. The molecule has 19 heavy (non-hydrogen) atoms. The Labute approximate surface area is 108 Å². The van der Waals surface area contributed by atoms with Crippen molar-refractivity contribution >= 4 is 5.69 Å². The molecule has 0 bridgehead atoms. The highest BCUT2D eigenvalue weighted by atomic mass is 16.5. The number of ether oxygens (including phenoxy) is 1. The normalized spacial score (nSPS) is 10.3. The Hall–Kier alpha value is -2.96. The van der Waals surface area contributed by atoms with Gasteiger partial charge < -0.3 is 15.0 Å². The van der Waals surface area contributed by atoms with Crippen molar-refractivity contribution in [2.75, 3.05) is 5.73 Å². The standard InChI is InChI=1S/C12H9N5O2/c13-8-1-3-9(4-2-8)18-11-5-10(14-6-15-11)12-16-7-17-19-12/h1-7H,13H2. The van der Waals surface area contributed by atoms with E-state index in [1.54, 1.807) is 30.3 Å². The average Bonchev–Trinajstić information content (AvgIpc) is 2.96. The molecule has 0 fully saturated rings. The number of hydrogen-bond acceptors (Lipinski definition) is 7. The third-order valence-corrected chi connectivity index (χ3v) is 2.32. The van der Waals surface area contributed by atoms with E-state index in [-0.39, 0.29) is 0 Å². The third-order valence-electron chi connectivity index (χ3n) is 2.32. The van der Waals surface area contributed by atoms with Gasteiger partial charge in [0.15, 0.2) is 6.33 Å². The van der Waals surface area contributed by atoms with Crippen LogP contribution >= 0.6 is 0 Å². The largest absolute Gasteiger partial charge is 0.439 e. The van der Waals surface area contributed by atoms with Gasteiger partial charge in [-0.15, -0.1) is 0 Å². The number of nitrogens with zero attached hydrogens (tertiary/aromatic N) is 4. The summed E-state index contributed by atoms with van der Waals surface area (Å²) < 4.78 is 10.5. The van der Waals surface area contributed by atoms with Crippen molar-refractivity contribution in [2.24, 2.45) is 0 Å². The number of aromatic nitrogens is 4. The summed E-state index contributed by atoms with van der Waals surface area (Å²) in [6.45, 7) is 0. The molecule has 7 nitrogen and oxygen atoms in total. The van der Waals surface area contributed by atoms with Crippen molar-refractivity contribution in [1.29, 1.82) is 0 Å². The SMILES string of the molecule is Nc1ccc(Oc2cc(-c3ncno3)ncn2)cc1. The van der Waals surface area contributed by atoms with Crippen molar-refractivity contribution in [1.82, 2.24) is 20.1 Å². The lowest BCUT2D eigenvalue weighted by Gasteiger charge is -2.04. The molecule has 0 unspecified atom stereocenters. The van der Waals surface area contributed by atoms with Gasteiger partial charge in [0.1, 0.15) is 17.8 Å². The van der Waals surface area contributed by atoms with Crippen molar-refractivity contribution in [2.45, 2.75) is 0 Å². The Balaban J connectivity index is 1.85. The molecular weight excluding hydrogens is 246 g/mol. The zero-order chi connectivity index (χ0) is 13.1. The lowest BCUT2D eigenvalue weighted by Crippen LogP contribution is -1.92. The molecule has 0 aliphatic rings. The van der Waals surface area contributed by atoms with Crippen LogP contribution in [0.1, 0.15) is 0 Å². The molecule has 3 aromatic rings. The summed E-state index contributed by atoms with van der Waals surface area (Å²) in [5.41, 5.74) is 6.77. The molecule has 3 rings (SSSR count). The second-order valence-electron chi connectivity index (χ2n) is 3.66. The summed E-state index contributed by atoms with van der Waals surface area (Å²) in [5.74, 6) is 1.32. The zero-order valence-electron chi connectivity index (χ0n) is 9.72. The minimum atomic E-state index is 0.310. The highest BCUT2D eigenvalue weighted by Gasteiger charge is 2.08. The van der Waals surface area contributed by atoms with Crippen LogP contribution < -0.4 is 10.5 Å². The van der Waals surface area contributed by atoms with Crippen LogP contribution in [-0.2, 0) is 0 Å². The first kappa shape index (κ1) is 11.1. The number of nitrogens with two attached hydrogens (primary N) is 1. The molecule has 2 N–H and O–H groups in total. The van der Waals surface area contributed by atoms with E-state index in [9.17, 15) is 0 Å². The number of anilines is 1. The topological polar surface area (TPSA) is 100.0 Å². The fraction of sp³-hybridized carbons (Fsp3) is 0. The fourth-order valence-electron chi connectivity index (χ4n) is 1.45. The maximum Gasteiger partial charge on any atom is 0.276 e. The summed E-state index contributed by atoms with van der Waals surface area (Å²) in [5, 5.41) is 3.52. The second kappa shape index (κ2) is 4.73. The summed E-state index contributed by atoms with van der Waals surface area (Å²) >= 11 is 0. The van der Waals surface area contributed by atoms with Gasteiger partial charge >= 0.3 is 0 Å². The van der Waals surface area contributed by atoms with Crippen LogP contribution in [0.25, 0.3) is 11.6 Å². The molecule has 1 aromatic carbocycles. The Morgan fingerprint density at radius 3 is 2.58 bits per heavy atom. The van der Waals surface area contributed by atoms with Gasteiger partial charge in [-0.25, -0.2) is 9.97 Å². The maximum atomic E-state index is 5.60. The lowest BCUT2D eigenvalue weighted by molar-refractivity contribution is 0.427. The fourth-order valence-corrected chi connectivity index (χ4v) is 1.45. The van der Waals surface area contributed by atoms with Gasteiger partial charge in [-0.2, -0.15) is 4.98 Å². The first-order valence-corrected chi connectivity index (χ1v) is 5.44. The van der Waals surface area contributed by atoms with Crippen molar-refractivity contribution in [3.8, 4) is 23.2 Å². The van der Waals surface area contributed by atoms with Gasteiger partial charge in [-0.1, -0.05) is 5.16 Å². The van der Waals surface area contributed by atoms with E-state index >= 15 is 0 Å². The average molecular weight is 255 g/mol. The number of rotatable bonds is 3. The number of hydrogen-bond donors (Lipinski definition) is 1. The highest BCUT2D eigenvalue weighted by molar-refractivity contribution is 5.48. The second-order valence-corrected chi connectivity index (χ2v) is 3.66. The van der Waals surface area contributed by atoms with Crippen LogP contribution in [0.4, 0.5) is 5.69 Å². The molecule has 0 saturated heterocycles. The van der Waals surface area contributed by atoms with Crippen LogP contribution in [0.5, 0.6) is 11.6 Å². The van der Waals surface area contributed by atoms with Crippen molar-refractivity contribution in [3.05, 3.63) is 43.0 Å². The number of nitrogen functional groups attached to an aromatic ring is 1. The van der Waals surface area contributed by atoms with Crippen molar-refractivity contribution in [3.63, 3.8) is 0 Å². The summed E-state index contributed by atoms with van der Waals surface area (Å²) in [6.07, 6.45) is 2.67.